The van der Waals surface area contributed by atoms with E-state index in [2.05, 4.69) is 4.99 Å². The summed E-state index contributed by atoms with van der Waals surface area (Å²) in [6.45, 7) is 1.96. The van der Waals surface area contributed by atoms with Gasteiger partial charge in [-0.3, -0.25) is 9.59 Å². The third-order valence-electron chi connectivity index (χ3n) is 4.29. The van der Waals surface area contributed by atoms with Gasteiger partial charge >= 0.3 is 5.97 Å². The number of halogens is 1. The molecular weight excluding hydrogens is 386 g/mol. The molecule has 1 aliphatic rings. The largest absolute Gasteiger partial charge is 0.462 e. The van der Waals surface area contributed by atoms with Gasteiger partial charge in [0, 0.05) is 35.0 Å². The second kappa shape index (κ2) is 8.59. The lowest BCUT2D eigenvalue weighted by molar-refractivity contribution is -0.132. The molecule has 0 radical (unpaired) electrons. The molecule has 2 aromatic rings. The number of esters is 1. The number of rotatable bonds is 5. The molecule has 1 aromatic carbocycles. The van der Waals surface area contributed by atoms with Crippen molar-refractivity contribution in [2.24, 2.45) is 10.9 Å². The summed E-state index contributed by atoms with van der Waals surface area (Å²) in [6, 6.07) is 7.11. The monoisotopic (exact) mass is 403 g/mol. The summed E-state index contributed by atoms with van der Waals surface area (Å²) in [7, 11) is 0. The van der Waals surface area contributed by atoms with Crippen molar-refractivity contribution in [2.45, 2.75) is 26.2 Å². The Bertz CT molecular complexity index is 885. The fourth-order valence-electron chi connectivity index (χ4n) is 2.92. The van der Waals surface area contributed by atoms with E-state index in [1.54, 1.807) is 19.1 Å². The second-order valence-corrected chi connectivity index (χ2v) is 7.39. The Morgan fingerprint density at radius 3 is 2.56 bits per heavy atom. The van der Waals surface area contributed by atoms with Gasteiger partial charge in [-0.1, -0.05) is 23.7 Å². The zero-order valence-corrected chi connectivity index (χ0v) is 16.3. The first-order chi connectivity index (χ1) is 13.0. The molecule has 0 aliphatic heterocycles. The molecule has 0 spiro atoms. The van der Waals surface area contributed by atoms with Crippen LogP contribution in [0.4, 0.5) is 5.00 Å². The normalized spacial score (nSPS) is 15.5. The number of hydrogen-bond donors (Lipinski definition) is 0. The Kier molecular flexibility index (Phi) is 6.19. The van der Waals surface area contributed by atoms with Crippen LogP contribution in [0.3, 0.4) is 0 Å². The van der Waals surface area contributed by atoms with Crippen LogP contribution in [0.5, 0.6) is 0 Å². The fourth-order valence-corrected chi connectivity index (χ4v) is 3.96. The van der Waals surface area contributed by atoms with E-state index in [0.717, 1.165) is 5.56 Å². The third-order valence-corrected chi connectivity index (χ3v) is 5.43. The van der Waals surface area contributed by atoms with E-state index >= 15 is 0 Å². The summed E-state index contributed by atoms with van der Waals surface area (Å²) < 4.78 is 5.18. The van der Waals surface area contributed by atoms with Crippen molar-refractivity contribution in [1.29, 1.82) is 0 Å². The average molecular weight is 404 g/mol. The maximum Gasteiger partial charge on any atom is 0.341 e. The van der Waals surface area contributed by atoms with E-state index in [4.69, 9.17) is 16.3 Å². The average Bonchev–Trinajstić information content (AvgIpc) is 3.06. The van der Waals surface area contributed by atoms with Crippen LogP contribution in [0, 0.1) is 5.92 Å². The Hall–Kier alpha value is -2.31. The van der Waals surface area contributed by atoms with Gasteiger partial charge < -0.3 is 4.74 Å². The highest BCUT2D eigenvalue weighted by Gasteiger charge is 2.29. The van der Waals surface area contributed by atoms with E-state index in [1.807, 2.05) is 17.5 Å². The summed E-state index contributed by atoms with van der Waals surface area (Å²) in [6.07, 6.45) is 2.72. The molecular formula is C20H18ClNO4S. The lowest BCUT2D eigenvalue weighted by Crippen LogP contribution is -2.29. The predicted octanol–water partition coefficient (Wildman–Crippen LogP) is 4.89. The highest BCUT2D eigenvalue weighted by molar-refractivity contribution is 7.14. The smallest absolute Gasteiger partial charge is 0.341 e. The van der Waals surface area contributed by atoms with Gasteiger partial charge in [-0.05, 0) is 31.0 Å². The van der Waals surface area contributed by atoms with E-state index in [1.165, 1.54) is 17.6 Å². The van der Waals surface area contributed by atoms with Crippen LogP contribution >= 0.6 is 22.9 Å². The van der Waals surface area contributed by atoms with Gasteiger partial charge in [-0.25, -0.2) is 9.79 Å². The number of aliphatic imine (C=N–C) groups is 1. The van der Waals surface area contributed by atoms with Gasteiger partial charge in [-0.15, -0.1) is 11.3 Å². The van der Waals surface area contributed by atoms with Crippen LogP contribution in [-0.2, 0) is 14.3 Å². The Labute approximate surface area is 166 Å². The van der Waals surface area contributed by atoms with E-state index in [9.17, 15) is 14.4 Å². The molecule has 27 heavy (non-hydrogen) atoms. The molecule has 0 unspecified atom stereocenters. The van der Waals surface area contributed by atoms with Crippen LogP contribution in [0.2, 0.25) is 5.02 Å². The summed E-state index contributed by atoms with van der Waals surface area (Å²) in [4.78, 5) is 40.8. The van der Waals surface area contributed by atoms with Gasteiger partial charge in [0.1, 0.15) is 28.0 Å². The number of ketones is 2. The molecule has 1 fully saturated rings. The number of Topliss-reactive ketones (excluding diaryl/α,β-unsaturated/α-hetero) is 2. The Balaban J connectivity index is 1.98. The highest BCUT2D eigenvalue weighted by Crippen LogP contribution is 2.38. The number of carbonyl (C=O) groups is 3. The molecule has 1 aromatic heterocycles. The van der Waals surface area contributed by atoms with E-state index in [-0.39, 0.29) is 18.2 Å². The number of nitrogens with zero attached hydrogens (tertiary/aromatic N) is 1. The maximum absolute atomic E-state index is 12.5. The zero-order valence-electron chi connectivity index (χ0n) is 14.7. The summed E-state index contributed by atoms with van der Waals surface area (Å²) in [5, 5.41) is 2.83. The first-order valence-electron chi connectivity index (χ1n) is 8.65. The number of thiophene rings is 1. The first kappa shape index (κ1) is 19.5. The lowest BCUT2D eigenvalue weighted by Gasteiger charge is -2.14. The standard InChI is InChI=1S/C20H18ClNO4S/c1-2-26-20(25)18-15(12-6-8-13(21)9-7-12)11-27-19(18)22-10-14-16(23)4-3-5-17(14)24/h6-11,14H,2-5H2,1H3/b22-10+. The van der Waals surface area contributed by atoms with Gasteiger partial charge in [-0.2, -0.15) is 0 Å². The molecule has 3 rings (SSSR count). The molecule has 1 aliphatic carbocycles. The van der Waals surface area contributed by atoms with E-state index < -0.39 is 11.9 Å². The summed E-state index contributed by atoms with van der Waals surface area (Å²) in [5.41, 5.74) is 1.82. The van der Waals surface area contributed by atoms with Crippen molar-refractivity contribution in [3.05, 3.63) is 40.2 Å². The SMILES string of the molecule is CCOC(=O)c1c(-c2ccc(Cl)cc2)csc1/N=C/C1C(=O)CCCC1=O. The molecule has 5 nitrogen and oxygen atoms in total. The Morgan fingerprint density at radius 2 is 1.93 bits per heavy atom. The molecule has 1 heterocycles. The van der Waals surface area contributed by atoms with Crippen molar-refractivity contribution in [2.75, 3.05) is 6.61 Å². The molecule has 0 atom stereocenters. The van der Waals surface area contributed by atoms with Gasteiger partial charge in [0.2, 0.25) is 0 Å². The lowest BCUT2D eigenvalue weighted by atomic mass is 9.88. The third kappa shape index (κ3) is 4.34. The predicted molar refractivity (Wildman–Crippen MR) is 106 cm³/mol. The molecule has 0 amide bonds. The van der Waals surface area contributed by atoms with Crippen LogP contribution in [0.25, 0.3) is 11.1 Å². The van der Waals surface area contributed by atoms with Crippen LogP contribution in [0.1, 0.15) is 36.5 Å². The number of ether oxygens (including phenoxy) is 1. The number of carbonyl (C=O) groups excluding carboxylic acids is 3. The summed E-state index contributed by atoms with van der Waals surface area (Å²) >= 11 is 7.21. The number of hydrogen-bond acceptors (Lipinski definition) is 6. The van der Waals surface area contributed by atoms with Gasteiger partial charge in [0.15, 0.2) is 0 Å². The zero-order chi connectivity index (χ0) is 19.4. The van der Waals surface area contributed by atoms with Crippen molar-refractivity contribution >= 4 is 51.7 Å². The van der Waals surface area contributed by atoms with Crippen molar-refractivity contribution in [3.63, 3.8) is 0 Å². The quantitative estimate of drug-likeness (QED) is 0.405. The van der Waals surface area contributed by atoms with Crippen molar-refractivity contribution in [1.82, 2.24) is 0 Å². The number of benzene rings is 1. The fraction of sp³-hybridized carbons (Fsp3) is 0.300. The first-order valence-corrected chi connectivity index (χ1v) is 9.91. The van der Waals surface area contributed by atoms with Gasteiger partial charge in [0.25, 0.3) is 0 Å². The molecule has 1 saturated carbocycles. The minimum atomic E-state index is -0.824. The minimum Gasteiger partial charge on any atom is -0.462 e. The second-order valence-electron chi connectivity index (χ2n) is 6.10. The minimum absolute atomic E-state index is 0.123. The van der Waals surface area contributed by atoms with Crippen LogP contribution in [-0.4, -0.2) is 30.4 Å². The van der Waals surface area contributed by atoms with E-state index in [0.29, 0.717) is 40.4 Å². The van der Waals surface area contributed by atoms with Crippen LogP contribution < -0.4 is 0 Å². The van der Waals surface area contributed by atoms with Crippen LogP contribution in [0.15, 0.2) is 34.6 Å². The topological polar surface area (TPSA) is 72.8 Å². The van der Waals surface area contributed by atoms with Crippen molar-refractivity contribution < 1.29 is 19.1 Å². The molecule has 0 bridgehead atoms. The summed E-state index contributed by atoms with van der Waals surface area (Å²) in [5.74, 6) is -1.56. The maximum atomic E-state index is 12.5. The molecule has 0 saturated heterocycles. The molecule has 0 N–H and O–H groups in total. The highest BCUT2D eigenvalue weighted by atomic mass is 35.5. The molecule has 7 heteroatoms. The molecule has 140 valence electrons. The van der Waals surface area contributed by atoms with Gasteiger partial charge in [0.05, 0.1) is 6.61 Å². The Morgan fingerprint density at radius 1 is 1.26 bits per heavy atom. The van der Waals surface area contributed by atoms with Crippen molar-refractivity contribution in [3.8, 4) is 11.1 Å².